The third-order valence-electron chi connectivity index (χ3n) is 29.8. The number of hydrogen-bond donors (Lipinski definition) is 6. The minimum Gasteiger partial charge on any atom is -0.507 e. The van der Waals surface area contributed by atoms with Gasteiger partial charge in [0.25, 0.3) is 0 Å². The van der Waals surface area contributed by atoms with Gasteiger partial charge in [0.1, 0.15) is 71.6 Å². The quantitative estimate of drug-likeness (QED) is 0.0104. The van der Waals surface area contributed by atoms with Gasteiger partial charge < -0.3 is 64.0 Å². The standard InChI is InChI=1S/C36H60N2O5.C33H47NO6.C24H39NO4.C20H31NO3/c1-14-15-16-36(19-26-17-24(2)29(39)25(3)18-26,30(40)42-27-20-32(4,5)37(12)33(6,7)21-27)31(41)43-28-22-34(8,9)38(13)35(10,11)23-28;1-21-15-23(3)30(37)25(17-21)9-11-28(35)39-14-13-34-32(5,6)19-27(20-33(34,7)8)40-29(36)12-10-26-18-22(2)16-24(4)31(26)38;1-8-9-12-28-19-13-17(2)22(27)18(14-19)10-11-21(26)29-20-15-23(3,4)25(7)24(5,6)16-20;1-13-9-15(10-14(2)18(13)23)7-8-17(22)24-16-11-19(3,4)21-20(5,6)12-16/h17-18,27-28,39H,14-16,19-23H2,1-13H3;15-18,27,37-38H,9-14,19-20H2,1-8H3;13-14,20,27H,8-12,15-16H2,1-7H3;9-10,16,21,23H,7-8,11-12H2,1-6H3. The number of carbonyl (C=O) groups is 6. The molecule has 5 heterocycles. The van der Waals surface area contributed by atoms with Crippen LogP contribution in [-0.2, 0) is 89.3 Å². The smallest absolute Gasteiger partial charge is 0.324 e. The molecule has 5 fully saturated rings. The van der Waals surface area contributed by atoms with Crippen molar-refractivity contribution in [1.82, 2.24) is 24.9 Å². The maximum Gasteiger partial charge on any atom is 0.324 e. The molecule has 5 saturated heterocycles. The minimum absolute atomic E-state index is 0.0216. The number of phenolic OH excluding ortho intramolecular Hbond substituents is 5. The van der Waals surface area contributed by atoms with E-state index in [0.29, 0.717) is 102 Å². The molecule has 0 amide bonds. The topological polar surface area (TPSA) is 293 Å². The summed E-state index contributed by atoms with van der Waals surface area (Å²) in [6.45, 7) is 66.0. The predicted octanol–water partition coefficient (Wildman–Crippen LogP) is 21.9. The summed E-state index contributed by atoms with van der Waals surface area (Å²) in [6, 6.07) is 19.0. The van der Waals surface area contributed by atoms with E-state index in [9.17, 15) is 54.3 Å². The number of nitrogens with one attached hydrogen (secondary N) is 1. The molecule has 0 aromatic heterocycles. The van der Waals surface area contributed by atoms with Crippen LogP contribution in [0.2, 0.25) is 0 Å². The molecule has 5 aromatic rings. The molecule has 0 saturated carbocycles. The summed E-state index contributed by atoms with van der Waals surface area (Å²) in [7, 11) is 6.39. The summed E-state index contributed by atoms with van der Waals surface area (Å²) in [6.07, 6.45) is 13.6. The maximum atomic E-state index is 14.6. The monoisotopic (exact) mass is 1890 g/mol. The van der Waals surface area contributed by atoms with Crippen LogP contribution < -0.4 is 10.1 Å². The van der Waals surface area contributed by atoms with Crippen LogP contribution >= 0.6 is 0 Å². The van der Waals surface area contributed by atoms with E-state index in [1.165, 1.54) is 0 Å². The molecular weight excluding hydrogens is 1720 g/mol. The fourth-order valence-corrected chi connectivity index (χ4v) is 22.4. The summed E-state index contributed by atoms with van der Waals surface area (Å²) in [5, 5.41) is 54.9. The Bertz CT molecular complexity index is 4740. The van der Waals surface area contributed by atoms with Crippen LogP contribution in [0.25, 0.3) is 0 Å². The van der Waals surface area contributed by atoms with Crippen molar-refractivity contribution in [1.29, 1.82) is 0 Å². The van der Waals surface area contributed by atoms with E-state index < -0.39 is 17.4 Å². The van der Waals surface area contributed by atoms with Crippen molar-refractivity contribution in [2.24, 2.45) is 5.41 Å². The highest BCUT2D eigenvalue weighted by atomic mass is 16.6. The zero-order valence-electron chi connectivity index (χ0n) is 90.1. The number of esters is 6. The molecule has 5 aliphatic rings. The third-order valence-corrected chi connectivity index (χ3v) is 29.8. The molecule has 5 aromatic carbocycles. The fourth-order valence-electron chi connectivity index (χ4n) is 22.4. The number of rotatable bonds is 31. The number of benzene rings is 5. The Balaban J connectivity index is 0.000000253. The highest BCUT2D eigenvalue weighted by molar-refractivity contribution is 6.00. The molecule has 5 aliphatic heterocycles. The second kappa shape index (κ2) is 46.3. The van der Waals surface area contributed by atoms with Crippen molar-refractivity contribution in [2.75, 3.05) is 40.9 Å². The Morgan fingerprint density at radius 1 is 0.353 bits per heavy atom. The Labute approximate surface area is 817 Å². The minimum atomic E-state index is -1.48. The highest BCUT2D eigenvalue weighted by Gasteiger charge is 2.55. The molecule has 0 atom stereocenters. The van der Waals surface area contributed by atoms with Gasteiger partial charge in [-0.2, -0.15) is 0 Å². The van der Waals surface area contributed by atoms with Gasteiger partial charge in [-0.05, 0) is 346 Å². The summed E-state index contributed by atoms with van der Waals surface area (Å²) in [5.74, 6) is 0.187. The molecule has 6 N–H and O–H groups in total. The van der Waals surface area contributed by atoms with Gasteiger partial charge in [0, 0.05) is 152 Å². The maximum absolute atomic E-state index is 14.6. The molecule has 0 spiro atoms. The SMILES string of the molecule is CCCCC(Cc1cc(C)c(O)c(C)c1)(C(=O)OC1CC(C)(C)N(C)C(C)(C)C1)C(=O)OC1CC(C)(C)N(C)C(C)(C)C1.CCCCOc1cc(C)c(O)c(CCC(=O)OC2CC(C)(C)N(C)C(C)(C)C2)c1.Cc1cc(C)c(O)c(CCC(=O)OCCN2C(C)(C)CC(OC(=O)CCc3cc(C)cc(C)c3O)CC2(C)C)c1.Cc1cc(CCC(=O)OC2CC(C)(C)NC(C)(C)C2)cc(C)c1O. The summed E-state index contributed by atoms with van der Waals surface area (Å²) in [4.78, 5) is 88.6. The van der Waals surface area contributed by atoms with Gasteiger partial charge in [-0.1, -0.05) is 92.8 Å². The van der Waals surface area contributed by atoms with Crippen molar-refractivity contribution >= 4 is 35.8 Å². The van der Waals surface area contributed by atoms with E-state index >= 15 is 0 Å². The van der Waals surface area contributed by atoms with Gasteiger partial charge in [-0.25, -0.2) is 0 Å². The lowest BCUT2D eigenvalue weighted by Crippen LogP contribution is -2.63. The van der Waals surface area contributed by atoms with Crippen molar-refractivity contribution in [3.63, 3.8) is 0 Å². The summed E-state index contributed by atoms with van der Waals surface area (Å²) in [5.41, 5.74) is 8.97. The third kappa shape index (κ3) is 31.5. The van der Waals surface area contributed by atoms with Crippen LogP contribution in [0.4, 0.5) is 0 Å². The first kappa shape index (κ1) is 114. The van der Waals surface area contributed by atoms with Gasteiger partial charge in [-0.15, -0.1) is 0 Å². The average molecular weight is 1890 g/mol. The number of carbonyl (C=O) groups excluding carboxylic acids is 6. The Morgan fingerprint density at radius 3 is 1.01 bits per heavy atom. The number of unbranched alkanes of at least 4 members (excludes halogenated alkanes) is 2. The molecule has 0 bridgehead atoms. The highest BCUT2D eigenvalue weighted by Crippen LogP contribution is 2.47. The number of aromatic hydroxyl groups is 5. The van der Waals surface area contributed by atoms with Crippen LogP contribution in [0, 0.1) is 67.7 Å². The normalized spacial score (nSPS) is 19.8. The van der Waals surface area contributed by atoms with E-state index in [-0.39, 0.29) is 165 Å². The largest absolute Gasteiger partial charge is 0.507 e. The molecule has 23 nitrogen and oxygen atoms in total. The number of piperidine rings is 5. The lowest BCUT2D eigenvalue weighted by molar-refractivity contribution is -0.188. The number of likely N-dealkylation sites (tertiary alicyclic amines) is 4. The number of phenols is 5. The van der Waals surface area contributed by atoms with Crippen LogP contribution in [0.3, 0.4) is 0 Å². The Morgan fingerprint density at radius 2 is 0.654 bits per heavy atom. The lowest BCUT2D eigenvalue weighted by Gasteiger charge is -2.54. The number of nitrogens with zero attached hydrogens (tertiary/aromatic N) is 4. The first-order valence-electron chi connectivity index (χ1n) is 50.2. The first-order valence-corrected chi connectivity index (χ1v) is 50.2. The van der Waals surface area contributed by atoms with E-state index in [4.69, 9.17) is 33.2 Å². The average Bonchev–Trinajstić information content (AvgIpc) is 0.768. The Kier molecular flexibility index (Phi) is 39.0. The number of ether oxygens (including phenoxy) is 7. The van der Waals surface area contributed by atoms with E-state index in [1.54, 1.807) is 0 Å². The van der Waals surface area contributed by atoms with E-state index in [2.05, 4.69) is 198 Å². The first-order chi connectivity index (χ1) is 62.6. The summed E-state index contributed by atoms with van der Waals surface area (Å²) >= 11 is 0. The second-order valence-corrected chi connectivity index (χ2v) is 47.0. The predicted molar refractivity (Wildman–Crippen MR) is 543 cm³/mol. The summed E-state index contributed by atoms with van der Waals surface area (Å²) < 4.78 is 41.7. The lowest BCUT2D eigenvalue weighted by atomic mass is 9.75. The second-order valence-electron chi connectivity index (χ2n) is 47.0. The fraction of sp³-hybridized carbons (Fsp3) is 0.681. The molecule has 10 rings (SSSR count). The number of hydrogen-bond acceptors (Lipinski definition) is 23. The van der Waals surface area contributed by atoms with Crippen molar-refractivity contribution in [2.45, 2.75) is 455 Å². The molecule has 0 radical (unpaired) electrons. The van der Waals surface area contributed by atoms with Crippen LogP contribution in [0.5, 0.6) is 34.5 Å². The molecular formula is C113H177N5O18. The molecule has 0 unspecified atom stereocenters. The van der Waals surface area contributed by atoms with Crippen molar-refractivity contribution in [3.8, 4) is 34.5 Å². The van der Waals surface area contributed by atoms with Crippen molar-refractivity contribution < 1.29 is 87.5 Å². The van der Waals surface area contributed by atoms with Gasteiger partial charge in [0.15, 0.2) is 5.41 Å². The zero-order chi connectivity index (χ0) is 103. The number of aryl methyl sites for hydroxylation is 13. The molecule has 0 aliphatic carbocycles. The molecule has 136 heavy (non-hydrogen) atoms. The van der Waals surface area contributed by atoms with Gasteiger partial charge in [0.05, 0.1) is 6.61 Å². The van der Waals surface area contributed by atoms with Gasteiger partial charge in [0.2, 0.25) is 0 Å². The van der Waals surface area contributed by atoms with Crippen LogP contribution in [-0.4, -0.2) is 208 Å². The van der Waals surface area contributed by atoms with E-state index in [0.717, 1.165) is 129 Å². The van der Waals surface area contributed by atoms with Crippen molar-refractivity contribution in [3.05, 3.63) is 139 Å². The van der Waals surface area contributed by atoms with Gasteiger partial charge in [-0.3, -0.25) is 48.4 Å². The molecule has 23 heteroatoms. The van der Waals surface area contributed by atoms with E-state index in [1.807, 2.05) is 123 Å². The van der Waals surface area contributed by atoms with Crippen LogP contribution in [0.1, 0.15) is 352 Å². The zero-order valence-corrected chi connectivity index (χ0v) is 90.1. The molecule has 762 valence electrons. The Hall–Kier alpha value is -8.48. The van der Waals surface area contributed by atoms with Crippen LogP contribution in [0.15, 0.2) is 60.7 Å². The van der Waals surface area contributed by atoms with Gasteiger partial charge >= 0.3 is 35.8 Å².